The van der Waals surface area contributed by atoms with E-state index in [-0.39, 0.29) is 74.0 Å². The van der Waals surface area contributed by atoms with E-state index in [1.165, 1.54) is 0 Å². The summed E-state index contributed by atoms with van der Waals surface area (Å²) in [5, 5.41) is 10.9. The van der Waals surface area contributed by atoms with Crippen LogP contribution in [0.2, 0.25) is 0 Å². The van der Waals surface area contributed by atoms with Gasteiger partial charge in [-0.3, -0.25) is 9.59 Å². The maximum Gasteiger partial charge on any atom is 0.338 e. The van der Waals surface area contributed by atoms with Crippen molar-refractivity contribution in [3.63, 3.8) is 0 Å². The molecule has 3 aliphatic heterocycles. The summed E-state index contributed by atoms with van der Waals surface area (Å²) >= 11 is 0. The number of esters is 2. The predicted molar refractivity (Wildman–Crippen MR) is 337 cm³/mol. The molecule has 8 rings (SSSR count). The number of unbranched alkanes of at least 4 members (excludes halogenated alkanes) is 8. The van der Waals surface area contributed by atoms with Gasteiger partial charge in [-0.05, 0) is 115 Å². The van der Waals surface area contributed by atoms with Crippen molar-refractivity contribution in [3.8, 4) is 11.5 Å². The molecular weight excluding hydrogens is 1110 g/mol. The SMILES string of the molecule is COc1ccc(C(OC[C@@H]2C[C@@H](O)CN2C(=O)CCCCCCC(=O)CCCCCCCCOC2OC(COC(=O)c3ccccc3)C(OC3OC(COC(=O)c4ccccc4)C(C)C(C)C3C)C(C)C2C)(c2ccccc2)c2ccc(OC)cc2)cc1. The minimum atomic E-state index is -1.04. The third-order valence-electron chi connectivity index (χ3n) is 18.6. The largest absolute Gasteiger partial charge is 0.497 e. The summed E-state index contributed by atoms with van der Waals surface area (Å²) in [5.41, 5.74) is 2.62. The fraction of sp³-hybridized carbons (Fsp3) is 0.534. The fourth-order valence-electron chi connectivity index (χ4n) is 12.6. The molecule has 0 radical (unpaired) electrons. The van der Waals surface area contributed by atoms with Crippen LogP contribution in [0.4, 0.5) is 0 Å². The van der Waals surface area contributed by atoms with Crippen LogP contribution in [0.1, 0.15) is 162 Å². The molecule has 3 fully saturated rings. The lowest BCUT2D eigenvalue weighted by atomic mass is 9.78. The lowest BCUT2D eigenvalue weighted by Gasteiger charge is -2.48. The van der Waals surface area contributed by atoms with Crippen LogP contribution in [-0.4, -0.2) is 124 Å². The quantitative estimate of drug-likeness (QED) is 0.0239. The Morgan fingerprint density at radius 3 is 1.52 bits per heavy atom. The summed E-state index contributed by atoms with van der Waals surface area (Å²) in [5.74, 6) is 1.12. The first kappa shape index (κ1) is 67.5. The molecule has 0 saturated carbocycles. The number of ketones is 1. The van der Waals surface area contributed by atoms with Crippen molar-refractivity contribution in [3.05, 3.63) is 167 Å². The molecule has 1 amide bonds. The lowest BCUT2D eigenvalue weighted by molar-refractivity contribution is -0.327. The average molecular weight is 1210 g/mol. The highest BCUT2D eigenvalue weighted by Gasteiger charge is 2.48. The van der Waals surface area contributed by atoms with Crippen molar-refractivity contribution in [1.82, 2.24) is 4.90 Å². The number of Topliss-reactive ketones (excluding diaryl/α,β-unsaturated/α-hetero) is 1. The number of hydrogen-bond donors (Lipinski definition) is 1. The Balaban J connectivity index is 0.723. The summed E-state index contributed by atoms with van der Waals surface area (Å²) in [6.07, 6.45) is 7.69. The van der Waals surface area contributed by atoms with Crippen LogP contribution in [0.5, 0.6) is 11.5 Å². The first-order chi connectivity index (χ1) is 42.7. The van der Waals surface area contributed by atoms with Gasteiger partial charge in [0.2, 0.25) is 5.91 Å². The normalized spacial score (nSPS) is 24.6. The van der Waals surface area contributed by atoms with Crippen LogP contribution in [0.15, 0.2) is 140 Å². The third-order valence-corrected chi connectivity index (χ3v) is 18.6. The van der Waals surface area contributed by atoms with Crippen LogP contribution in [0, 0.1) is 29.6 Å². The van der Waals surface area contributed by atoms with Crippen LogP contribution < -0.4 is 9.47 Å². The molecule has 15 heteroatoms. The van der Waals surface area contributed by atoms with E-state index < -0.39 is 48.4 Å². The van der Waals surface area contributed by atoms with Gasteiger partial charge in [0.05, 0.1) is 56.3 Å². The number of ether oxygens (including phenoxy) is 9. The van der Waals surface area contributed by atoms with Gasteiger partial charge in [0.15, 0.2) is 12.6 Å². The number of likely N-dealkylation sites (tertiary alicyclic amines) is 1. The number of methoxy groups -OCH3 is 2. The Bertz CT molecular complexity index is 2840. The number of amides is 1. The third kappa shape index (κ3) is 18.1. The van der Waals surface area contributed by atoms with Crippen molar-refractivity contribution in [2.24, 2.45) is 29.6 Å². The van der Waals surface area contributed by atoms with Crippen molar-refractivity contribution in [2.45, 2.75) is 173 Å². The molecule has 15 nitrogen and oxygen atoms in total. The molecule has 476 valence electrons. The van der Waals surface area contributed by atoms with E-state index in [0.29, 0.717) is 55.6 Å². The van der Waals surface area contributed by atoms with Crippen molar-refractivity contribution in [2.75, 3.05) is 47.2 Å². The van der Waals surface area contributed by atoms with Crippen molar-refractivity contribution in [1.29, 1.82) is 0 Å². The fourth-order valence-corrected chi connectivity index (χ4v) is 12.6. The number of rotatable bonds is 33. The zero-order chi connectivity index (χ0) is 62.4. The molecule has 0 aromatic heterocycles. The van der Waals surface area contributed by atoms with Gasteiger partial charge >= 0.3 is 11.9 Å². The second-order valence-corrected chi connectivity index (χ2v) is 24.5. The van der Waals surface area contributed by atoms with Gasteiger partial charge in [-0.1, -0.05) is 164 Å². The van der Waals surface area contributed by atoms with E-state index in [1.54, 1.807) is 67.7 Å². The number of benzene rings is 5. The van der Waals surface area contributed by atoms with Gasteiger partial charge in [0, 0.05) is 44.2 Å². The molecule has 0 spiro atoms. The Morgan fingerprint density at radius 1 is 0.511 bits per heavy atom. The Kier molecular flexibility index (Phi) is 26.0. The highest BCUT2D eigenvalue weighted by Crippen LogP contribution is 2.44. The summed E-state index contributed by atoms with van der Waals surface area (Å²) in [6, 6.07) is 43.3. The van der Waals surface area contributed by atoms with E-state index in [2.05, 4.69) is 34.6 Å². The van der Waals surface area contributed by atoms with E-state index in [4.69, 9.17) is 42.6 Å². The van der Waals surface area contributed by atoms with Gasteiger partial charge in [-0.2, -0.15) is 0 Å². The number of hydrogen-bond acceptors (Lipinski definition) is 14. The van der Waals surface area contributed by atoms with Gasteiger partial charge in [0.25, 0.3) is 0 Å². The zero-order valence-corrected chi connectivity index (χ0v) is 52.8. The van der Waals surface area contributed by atoms with Gasteiger partial charge in [-0.15, -0.1) is 0 Å². The molecule has 10 unspecified atom stereocenters. The van der Waals surface area contributed by atoms with Gasteiger partial charge in [-0.25, -0.2) is 9.59 Å². The number of aliphatic hydroxyl groups excluding tert-OH is 1. The maximum atomic E-state index is 13.8. The minimum Gasteiger partial charge on any atom is -0.497 e. The lowest BCUT2D eigenvalue weighted by Crippen LogP contribution is -2.56. The molecular formula is C73H95NO14. The zero-order valence-electron chi connectivity index (χ0n) is 52.8. The summed E-state index contributed by atoms with van der Waals surface area (Å²) < 4.78 is 56.4. The van der Waals surface area contributed by atoms with Crippen LogP contribution in [0.3, 0.4) is 0 Å². The van der Waals surface area contributed by atoms with E-state index in [1.807, 2.05) is 91.0 Å². The molecule has 1 N–H and O–H groups in total. The first-order valence-electron chi connectivity index (χ1n) is 32.2. The Labute approximate surface area is 522 Å². The molecule has 3 aliphatic rings. The van der Waals surface area contributed by atoms with E-state index in [0.717, 1.165) is 86.0 Å². The molecule has 3 heterocycles. The Morgan fingerprint density at radius 2 is 0.977 bits per heavy atom. The molecule has 0 bridgehead atoms. The van der Waals surface area contributed by atoms with E-state index >= 15 is 0 Å². The predicted octanol–water partition coefficient (Wildman–Crippen LogP) is 13.4. The maximum absolute atomic E-state index is 13.8. The second-order valence-electron chi connectivity index (χ2n) is 24.5. The molecule has 0 aliphatic carbocycles. The van der Waals surface area contributed by atoms with Crippen LogP contribution in [0.25, 0.3) is 0 Å². The van der Waals surface area contributed by atoms with E-state index in [9.17, 15) is 24.3 Å². The topological polar surface area (TPSA) is 175 Å². The molecule has 5 aromatic carbocycles. The van der Waals surface area contributed by atoms with Gasteiger partial charge < -0.3 is 52.6 Å². The van der Waals surface area contributed by atoms with Crippen LogP contribution >= 0.6 is 0 Å². The van der Waals surface area contributed by atoms with Crippen LogP contribution in [-0.2, 0) is 48.3 Å². The van der Waals surface area contributed by atoms with Crippen molar-refractivity contribution >= 4 is 23.6 Å². The minimum absolute atomic E-state index is 0.00699. The van der Waals surface area contributed by atoms with Crippen molar-refractivity contribution < 1.29 is 66.9 Å². The number of aliphatic hydroxyl groups is 1. The number of β-amino-alcohol motifs (C(OH)–C–C–N with tert-alkyl or cyclic N) is 1. The monoisotopic (exact) mass is 1210 g/mol. The summed E-state index contributed by atoms with van der Waals surface area (Å²) in [6.45, 7) is 11.7. The molecule has 3 saturated heterocycles. The highest BCUT2D eigenvalue weighted by atomic mass is 16.7. The summed E-state index contributed by atoms with van der Waals surface area (Å²) in [7, 11) is 3.28. The number of nitrogens with zero attached hydrogens (tertiary/aromatic N) is 1. The summed E-state index contributed by atoms with van der Waals surface area (Å²) in [4.78, 5) is 54.6. The molecule has 12 atom stereocenters. The second kappa shape index (κ2) is 33.9. The average Bonchev–Trinajstić information content (AvgIpc) is 1.27. The standard InChI is InChI=1S/C73H95NO14/c1-50-51(2)65(48-83-69(78)55-27-17-14-18-28-55)86-72(53(50)4)88-68-52(3)54(5)71(87-66(68)49-84-70(79)56-29-19-15-20-30-56)82-44-26-13-9-8-10-23-33-61(75)34-24-11-12-25-35-67(77)74-46-62(76)45-60(74)47-85-73(57-31-21-16-22-32-57,58-36-40-63(80-6)41-37-58)59-38-42-64(81-7)43-39-59/h14-22,27-32,36-43,50-54,60,62,65-66,68,71-72,76H,8-13,23-26,33-35,44-49H2,1-7H3/t50?,51?,52?,53?,54?,60-,62+,65?,66?,68?,71?,72?/m0/s1. The number of carbonyl (C=O) groups is 4. The first-order valence-corrected chi connectivity index (χ1v) is 32.2. The molecule has 88 heavy (non-hydrogen) atoms. The highest BCUT2D eigenvalue weighted by molar-refractivity contribution is 5.89. The smallest absolute Gasteiger partial charge is 0.338 e. The number of carbonyl (C=O) groups excluding carboxylic acids is 4. The molecule has 5 aromatic rings. The van der Waals surface area contributed by atoms with Gasteiger partial charge in [0.1, 0.15) is 42.2 Å². The Hall–Kier alpha value is -6.46.